The van der Waals surface area contributed by atoms with Crippen LogP contribution in [0.25, 0.3) is 0 Å². The molecule has 0 aliphatic heterocycles. The Bertz CT molecular complexity index is 457. The van der Waals surface area contributed by atoms with Gasteiger partial charge in [0.25, 0.3) is 0 Å². The van der Waals surface area contributed by atoms with E-state index in [0.29, 0.717) is 5.75 Å². The van der Waals surface area contributed by atoms with Crippen molar-refractivity contribution in [2.45, 2.75) is 4.90 Å². The molecule has 0 saturated heterocycles. The van der Waals surface area contributed by atoms with Gasteiger partial charge in [0.15, 0.2) is 6.79 Å². The summed E-state index contributed by atoms with van der Waals surface area (Å²) in [5.74, 6) is 0.210. The topological polar surface area (TPSA) is 61.8 Å². The van der Waals surface area contributed by atoms with E-state index in [9.17, 15) is 12.3 Å². The fraction of sp³-hybridized carbons (Fsp3) is 0.333. The lowest BCUT2D eigenvalue weighted by Gasteiger charge is -2.08. The van der Waals surface area contributed by atoms with E-state index in [4.69, 9.17) is 9.47 Å². The summed E-state index contributed by atoms with van der Waals surface area (Å²) in [6.07, 6.45) is 0. The second-order valence-electron chi connectivity index (χ2n) is 2.80. The predicted octanol–water partition coefficient (Wildman–Crippen LogP) is 1.34. The van der Waals surface area contributed by atoms with Crippen molar-refractivity contribution in [3.05, 3.63) is 18.2 Å². The first-order chi connectivity index (χ1) is 7.49. The molecule has 0 aromatic heterocycles. The highest BCUT2D eigenvalue weighted by molar-refractivity contribution is 7.86. The lowest BCUT2D eigenvalue weighted by Crippen LogP contribution is -2.01. The highest BCUT2D eigenvalue weighted by atomic mass is 32.3. The normalized spacial score (nSPS) is 11.2. The van der Waals surface area contributed by atoms with E-state index >= 15 is 0 Å². The molecule has 1 aromatic rings. The fourth-order valence-corrected chi connectivity index (χ4v) is 1.68. The van der Waals surface area contributed by atoms with E-state index in [-0.39, 0.29) is 12.5 Å². The standard InChI is InChI=1S/C9H11FO5S/c1-13-6-15-7-3-4-9(16(10,11)12)8(5-7)14-2/h3-5H,6H2,1-2H3. The van der Waals surface area contributed by atoms with Gasteiger partial charge in [-0.25, -0.2) is 0 Å². The first kappa shape index (κ1) is 12.7. The average molecular weight is 250 g/mol. The Morgan fingerprint density at radius 1 is 1.31 bits per heavy atom. The summed E-state index contributed by atoms with van der Waals surface area (Å²) in [4.78, 5) is -0.528. The van der Waals surface area contributed by atoms with Crippen LogP contribution < -0.4 is 9.47 Å². The van der Waals surface area contributed by atoms with Crippen LogP contribution in [0.1, 0.15) is 0 Å². The van der Waals surface area contributed by atoms with Crippen molar-refractivity contribution in [1.82, 2.24) is 0 Å². The van der Waals surface area contributed by atoms with Crippen molar-refractivity contribution in [2.75, 3.05) is 21.0 Å². The number of hydrogen-bond donors (Lipinski definition) is 0. The second kappa shape index (κ2) is 5.13. The van der Waals surface area contributed by atoms with Gasteiger partial charge in [0.2, 0.25) is 0 Å². The van der Waals surface area contributed by atoms with Crippen molar-refractivity contribution in [1.29, 1.82) is 0 Å². The summed E-state index contributed by atoms with van der Waals surface area (Å²) in [7, 11) is -2.11. The molecule has 7 heteroatoms. The lowest BCUT2D eigenvalue weighted by atomic mass is 10.3. The zero-order valence-corrected chi connectivity index (χ0v) is 9.58. The van der Waals surface area contributed by atoms with E-state index in [2.05, 4.69) is 4.74 Å². The molecule has 1 rings (SSSR count). The van der Waals surface area contributed by atoms with Crippen LogP contribution in [0.4, 0.5) is 3.89 Å². The maximum atomic E-state index is 12.8. The Kier molecular flexibility index (Phi) is 4.08. The van der Waals surface area contributed by atoms with Gasteiger partial charge in [-0.3, -0.25) is 0 Å². The van der Waals surface area contributed by atoms with Crippen LogP contribution in [0.5, 0.6) is 11.5 Å². The molecule has 5 nitrogen and oxygen atoms in total. The molecule has 16 heavy (non-hydrogen) atoms. The van der Waals surface area contributed by atoms with Crippen molar-refractivity contribution in [3.63, 3.8) is 0 Å². The maximum Gasteiger partial charge on any atom is 0.335 e. The summed E-state index contributed by atoms with van der Waals surface area (Å²) >= 11 is 0. The van der Waals surface area contributed by atoms with Gasteiger partial charge >= 0.3 is 10.2 Å². The van der Waals surface area contributed by atoms with Crippen molar-refractivity contribution in [3.8, 4) is 11.5 Å². The minimum Gasteiger partial charge on any atom is -0.495 e. The Balaban J connectivity index is 3.07. The Labute approximate surface area is 93.0 Å². The quantitative estimate of drug-likeness (QED) is 0.583. The van der Waals surface area contributed by atoms with Gasteiger partial charge in [-0.15, -0.1) is 3.89 Å². The van der Waals surface area contributed by atoms with Crippen LogP contribution in [0.15, 0.2) is 23.1 Å². The molecule has 0 unspecified atom stereocenters. The van der Waals surface area contributed by atoms with E-state index in [1.54, 1.807) is 0 Å². The van der Waals surface area contributed by atoms with Gasteiger partial charge in [-0.05, 0) is 12.1 Å². The number of rotatable bonds is 5. The molecule has 0 bridgehead atoms. The minimum atomic E-state index is -4.79. The molecule has 0 spiro atoms. The first-order valence-electron chi connectivity index (χ1n) is 4.23. The largest absolute Gasteiger partial charge is 0.495 e. The minimum absolute atomic E-state index is 0.00484. The molecule has 0 amide bonds. The Morgan fingerprint density at radius 2 is 2.00 bits per heavy atom. The van der Waals surface area contributed by atoms with Gasteiger partial charge in [-0.1, -0.05) is 0 Å². The molecule has 0 aliphatic rings. The number of hydrogen-bond acceptors (Lipinski definition) is 5. The summed E-state index contributed by atoms with van der Waals surface area (Å²) < 4.78 is 48.7. The summed E-state index contributed by atoms with van der Waals surface area (Å²) in [6.45, 7) is 0.00484. The number of ether oxygens (including phenoxy) is 3. The monoisotopic (exact) mass is 250 g/mol. The molecule has 0 heterocycles. The predicted molar refractivity (Wildman–Crippen MR) is 53.8 cm³/mol. The second-order valence-corrected chi connectivity index (χ2v) is 4.12. The maximum absolute atomic E-state index is 12.8. The SMILES string of the molecule is COCOc1ccc(S(=O)(=O)F)c(OC)c1. The molecular formula is C9H11FO5S. The highest BCUT2D eigenvalue weighted by Gasteiger charge is 2.18. The third-order valence-electron chi connectivity index (χ3n) is 1.74. The first-order valence-corrected chi connectivity index (χ1v) is 5.62. The van der Waals surface area contributed by atoms with Crippen LogP contribution in [0, 0.1) is 0 Å². The summed E-state index contributed by atoms with van der Waals surface area (Å²) in [5.41, 5.74) is 0. The van der Waals surface area contributed by atoms with Crippen LogP contribution in [-0.4, -0.2) is 29.4 Å². The molecule has 0 radical (unpaired) electrons. The Hall–Kier alpha value is -1.34. The summed E-state index contributed by atoms with van der Waals surface area (Å²) in [6, 6.07) is 3.65. The molecule has 0 N–H and O–H groups in total. The number of methoxy groups -OCH3 is 2. The van der Waals surface area contributed by atoms with E-state index in [1.165, 1.54) is 26.4 Å². The molecule has 0 saturated carbocycles. The molecule has 0 fully saturated rings. The van der Waals surface area contributed by atoms with Crippen LogP contribution in [-0.2, 0) is 15.0 Å². The van der Waals surface area contributed by atoms with Crippen molar-refractivity contribution >= 4 is 10.2 Å². The van der Waals surface area contributed by atoms with Gasteiger partial charge in [0, 0.05) is 13.2 Å². The molecular weight excluding hydrogens is 239 g/mol. The highest BCUT2D eigenvalue weighted by Crippen LogP contribution is 2.29. The van der Waals surface area contributed by atoms with Crippen LogP contribution in [0.3, 0.4) is 0 Å². The zero-order valence-electron chi connectivity index (χ0n) is 8.77. The van der Waals surface area contributed by atoms with Crippen LogP contribution in [0.2, 0.25) is 0 Å². The molecule has 90 valence electrons. The van der Waals surface area contributed by atoms with Gasteiger partial charge < -0.3 is 14.2 Å². The van der Waals surface area contributed by atoms with E-state index in [1.807, 2.05) is 0 Å². The fourth-order valence-electron chi connectivity index (χ4n) is 1.07. The number of benzene rings is 1. The zero-order chi connectivity index (χ0) is 12.2. The van der Waals surface area contributed by atoms with Crippen molar-refractivity contribution < 1.29 is 26.5 Å². The van der Waals surface area contributed by atoms with Gasteiger partial charge in [0.1, 0.15) is 16.4 Å². The molecule has 0 aliphatic carbocycles. The van der Waals surface area contributed by atoms with E-state index < -0.39 is 15.1 Å². The smallest absolute Gasteiger partial charge is 0.335 e. The lowest BCUT2D eigenvalue weighted by molar-refractivity contribution is 0.0509. The molecule has 1 aromatic carbocycles. The van der Waals surface area contributed by atoms with E-state index in [0.717, 1.165) is 6.07 Å². The van der Waals surface area contributed by atoms with Crippen molar-refractivity contribution in [2.24, 2.45) is 0 Å². The van der Waals surface area contributed by atoms with Gasteiger partial charge in [-0.2, -0.15) is 8.42 Å². The third-order valence-corrected chi connectivity index (χ3v) is 2.60. The van der Waals surface area contributed by atoms with Crippen LogP contribution >= 0.6 is 0 Å². The number of halogens is 1. The Morgan fingerprint density at radius 3 is 2.50 bits per heavy atom. The summed E-state index contributed by atoms with van der Waals surface area (Å²) in [5, 5.41) is 0. The third kappa shape index (κ3) is 3.07. The van der Waals surface area contributed by atoms with Gasteiger partial charge in [0.05, 0.1) is 7.11 Å². The average Bonchev–Trinajstić information content (AvgIpc) is 2.24. The molecule has 0 atom stereocenters.